The van der Waals surface area contributed by atoms with E-state index in [1.165, 1.54) is 12.1 Å². The number of piperidine rings is 1. The third-order valence-electron chi connectivity index (χ3n) is 5.01. The molecule has 0 bridgehead atoms. The molecule has 3 N–H and O–H groups in total. The predicted molar refractivity (Wildman–Crippen MR) is 116 cm³/mol. The summed E-state index contributed by atoms with van der Waals surface area (Å²) in [4.78, 5) is 48.7. The standard InChI is InChI=1S/C21H22N4O5S/c22-20(27)15-6-7-18(17(12-15)25(29)30)31-13-19(26)24-10-8-16(9-11-24)23-21(28)14-4-2-1-3-5-14/h1-7,12,16H,8-11,13H2,(H2,22,27)(H,23,28). The Morgan fingerprint density at radius 3 is 2.39 bits per heavy atom. The van der Waals surface area contributed by atoms with Gasteiger partial charge in [0.2, 0.25) is 11.8 Å². The summed E-state index contributed by atoms with van der Waals surface area (Å²) in [6.07, 6.45) is 1.28. The molecule has 0 atom stereocenters. The van der Waals surface area contributed by atoms with Crippen LogP contribution in [-0.2, 0) is 4.79 Å². The number of likely N-dealkylation sites (tertiary alicyclic amines) is 1. The number of carbonyl (C=O) groups excluding carboxylic acids is 3. The number of nitrogens with zero attached hydrogens (tertiary/aromatic N) is 2. The first-order chi connectivity index (χ1) is 14.8. The molecule has 1 heterocycles. The van der Waals surface area contributed by atoms with Gasteiger partial charge < -0.3 is 16.0 Å². The second-order valence-corrected chi connectivity index (χ2v) is 8.10. The maximum Gasteiger partial charge on any atom is 0.283 e. The fourth-order valence-corrected chi connectivity index (χ4v) is 4.20. The molecule has 1 fully saturated rings. The van der Waals surface area contributed by atoms with Crippen LogP contribution in [0.15, 0.2) is 53.4 Å². The number of hydrogen-bond acceptors (Lipinski definition) is 6. The zero-order chi connectivity index (χ0) is 22.4. The lowest BCUT2D eigenvalue weighted by atomic mass is 10.0. The maximum absolute atomic E-state index is 12.6. The quantitative estimate of drug-likeness (QED) is 0.383. The minimum Gasteiger partial charge on any atom is -0.366 e. The van der Waals surface area contributed by atoms with E-state index in [1.54, 1.807) is 29.2 Å². The second kappa shape index (κ2) is 10.1. The third-order valence-corrected chi connectivity index (χ3v) is 6.06. The molecule has 3 amide bonds. The minimum absolute atomic E-state index is 0.00755. The Kier molecular flexibility index (Phi) is 7.24. The number of nitrogens with two attached hydrogens (primary N) is 1. The van der Waals surface area contributed by atoms with Crippen LogP contribution in [0.1, 0.15) is 33.6 Å². The number of hydrogen-bond donors (Lipinski definition) is 2. The van der Waals surface area contributed by atoms with Gasteiger partial charge in [0.25, 0.3) is 11.6 Å². The number of primary amides is 1. The lowest BCUT2D eigenvalue weighted by molar-refractivity contribution is -0.387. The van der Waals surface area contributed by atoms with Crippen molar-refractivity contribution in [2.24, 2.45) is 5.73 Å². The van der Waals surface area contributed by atoms with Gasteiger partial charge in [0, 0.05) is 36.3 Å². The predicted octanol–water partition coefficient (Wildman–Crippen LogP) is 2.21. The number of carbonyl (C=O) groups is 3. The number of nitro benzene ring substituents is 1. The summed E-state index contributed by atoms with van der Waals surface area (Å²) < 4.78 is 0. The van der Waals surface area contributed by atoms with Crippen molar-refractivity contribution in [2.45, 2.75) is 23.8 Å². The third kappa shape index (κ3) is 5.82. The van der Waals surface area contributed by atoms with E-state index in [4.69, 9.17) is 5.73 Å². The molecule has 0 spiro atoms. The molecular formula is C21H22N4O5S. The van der Waals surface area contributed by atoms with Crippen molar-refractivity contribution in [3.63, 3.8) is 0 Å². The topological polar surface area (TPSA) is 136 Å². The van der Waals surface area contributed by atoms with E-state index in [2.05, 4.69) is 5.32 Å². The van der Waals surface area contributed by atoms with Gasteiger partial charge in [0.1, 0.15) is 0 Å². The summed E-state index contributed by atoms with van der Waals surface area (Å²) >= 11 is 1.05. The lowest BCUT2D eigenvalue weighted by Crippen LogP contribution is -2.47. The molecule has 0 aromatic heterocycles. The van der Waals surface area contributed by atoms with E-state index < -0.39 is 10.8 Å². The normalized spacial score (nSPS) is 14.1. The van der Waals surface area contributed by atoms with Crippen molar-refractivity contribution in [3.8, 4) is 0 Å². The van der Waals surface area contributed by atoms with Gasteiger partial charge in [-0.25, -0.2) is 0 Å². The summed E-state index contributed by atoms with van der Waals surface area (Å²) in [5, 5.41) is 14.3. The van der Waals surface area contributed by atoms with Crippen LogP contribution < -0.4 is 11.1 Å². The van der Waals surface area contributed by atoms with Crippen LogP contribution in [0.4, 0.5) is 5.69 Å². The number of rotatable bonds is 7. The SMILES string of the molecule is NC(=O)c1ccc(SCC(=O)N2CCC(NC(=O)c3ccccc3)CC2)c([N+](=O)[O-])c1. The number of amides is 3. The molecular weight excluding hydrogens is 420 g/mol. The van der Waals surface area contributed by atoms with Crippen molar-refractivity contribution in [2.75, 3.05) is 18.8 Å². The maximum atomic E-state index is 12.6. The Bertz CT molecular complexity index is 991. The Morgan fingerprint density at radius 2 is 1.77 bits per heavy atom. The van der Waals surface area contributed by atoms with Gasteiger partial charge in [0.05, 0.1) is 15.6 Å². The number of thioether (sulfide) groups is 1. The molecule has 3 rings (SSSR count). The molecule has 0 unspecified atom stereocenters. The van der Waals surface area contributed by atoms with Crippen LogP contribution in [0.25, 0.3) is 0 Å². The van der Waals surface area contributed by atoms with E-state index in [9.17, 15) is 24.5 Å². The molecule has 0 radical (unpaired) electrons. The molecule has 10 heteroatoms. The van der Waals surface area contributed by atoms with Gasteiger partial charge in [-0.2, -0.15) is 0 Å². The molecule has 9 nitrogen and oxygen atoms in total. The number of benzene rings is 2. The first-order valence-electron chi connectivity index (χ1n) is 9.70. The molecule has 2 aromatic carbocycles. The smallest absolute Gasteiger partial charge is 0.283 e. The van der Waals surface area contributed by atoms with Gasteiger partial charge in [0.15, 0.2) is 0 Å². The van der Waals surface area contributed by atoms with E-state index >= 15 is 0 Å². The molecule has 1 aliphatic rings. The van der Waals surface area contributed by atoms with Gasteiger partial charge in [-0.15, -0.1) is 11.8 Å². The Labute approximate surface area is 183 Å². The lowest BCUT2D eigenvalue weighted by Gasteiger charge is -2.32. The molecule has 2 aromatic rings. The van der Waals surface area contributed by atoms with E-state index in [0.717, 1.165) is 17.8 Å². The van der Waals surface area contributed by atoms with Gasteiger partial charge in [-0.05, 0) is 37.1 Å². The molecule has 162 valence electrons. The van der Waals surface area contributed by atoms with Gasteiger partial charge in [-0.3, -0.25) is 24.5 Å². The van der Waals surface area contributed by atoms with Crippen LogP contribution >= 0.6 is 11.8 Å². The van der Waals surface area contributed by atoms with E-state index in [-0.39, 0.29) is 34.9 Å². The zero-order valence-electron chi connectivity index (χ0n) is 16.7. The van der Waals surface area contributed by atoms with Crippen molar-refractivity contribution < 1.29 is 19.3 Å². The summed E-state index contributed by atoms with van der Waals surface area (Å²) in [6, 6.07) is 12.9. The summed E-state index contributed by atoms with van der Waals surface area (Å²) in [6.45, 7) is 1.00. The average molecular weight is 442 g/mol. The highest BCUT2D eigenvalue weighted by molar-refractivity contribution is 8.00. The monoisotopic (exact) mass is 442 g/mol. The Hall–Kier alpha value is -3.40. The molecule has 0 aliphatic carbocycles. The van der Waals surface area contributed by atoms with E-state index in [0.29, 0.717) is 36.4 Å². The first-order valence-corrected chi connectivity index (χ1v) is 10.7. The Balaban J connectivity index is 1.51. The largest absolute Gasteiger partial charge is 0.366 e. The highest BCUT2D eigenvalue weighted by Crippen LogP contribution is 2.30. The van der Waals surface area contributed by atoms with Crippen LogP contribution in [0.2, 0.25) is 0 Å². The molecule has 1 saturated heterocycles. The summed E-state index contributed by atoms with van der Waals surface area (Å²) in [5.74, 6) is -0.977. The van der Waals surface area contributed by atoms with Crippen molar-refractivity contribution in [1.82, 2.24) is 10.2 Å². The van der Waals surface area contributed by atoms with Crippen LogP contribution in [0.3, 0.4) is 0 Å². The first kappa shape index (κ1) is 22.3. The molecule has 31 heavy (non-hydrogen) atoms. The number of nitro groups is 1. The molecule has 1 aliphatic heterocycles. The summed E-state index contributed by atoms with van der Waals surface area (Å²) in [5.41, 5.74) is 5.56. The van der Waals surface area contributed by atoms with E-state index in [1.807, 2.05) is 6.07 Å². The minimum atomic E-state index is -0.752. The highest BCUT2D eigenvalue weighted by atomic mass is 32.2. The highest BCUT2D eigenvalue weighted by Gasteiger charge is 2.25. The number of nitrogens with one attached hydrogen (secondary N) is 1. The van der Waals surface area contributed by atoms with Gasteiger partial charge >= 0.3 is 0 Å². The fraction of sp³-hybridized carbons (Fsp3) is 0.286. The summed E-state index contributed by atoms with van der Waals surface area (Å²) in [7, 11) is 0. The van der Waals surface area contributed by atoms with Gasteiger partial charge in [-0.1, -0.05) is 18.2 Å². The van der Waals surface area contributed by atoms with Crippen molar-refractivity contribution in [3.05, 3.63) is 69.8 Å². The van der Waals surface area contributed by atoms with Crippen LogP contribution in [0.5, 0.6) is 0 Å². The zero-order valence-corrected chi connectivity index (χ0v) is 17.5. The fourth-order valence-electron chi connectivity index (χ4n) is 3.30. The average Bonchev–Trinajstić information content (AvgIpc) is 2.78. The molecule has 0 saturated carbocycles. The Morgan fingerprint density at radius 1 is 1.10 bits per heavy atom. The van der Waals surface area contributed by atoms with Crippen LogP contribution in [-0.4, -0.2) is 52.4 Å². The van der Waals surface area contributed by atoms with Crippen LogP contribution in [0, 0.1) is 10.1 Å². The second-order valence-electron chi connectivity index (χ2n) is 7.09. The van der Waals surface area contributed by atoms with Crippen molar-refractivity contribution in [1.29, 1.82) is 0 Å². The van der Waals surface area contributed by atoms with Crippen molar-refractivity contribution >= 4 is 35.2 Å².